The van der Waals surface area contributed by atoms with E-state index >= 15 is 0 Å². The van der Waals surface area contributed by atoms with Crippen molar-refractivity contribution < 1.29 is 22.2 Å². The van der Waals surface area contributed by atoms with Crippen LogP contribution in [-0.2, 0) is 19.1 Å². The molecule has 7 nitrogen and oxygen atoms in total. The van der Waals surface area contributed by atoms with Crippen molar-refractivity contribution in [3.63, 3.8) is 0 Å². The summed E-state index contributed by atoms with van der Waals surface area (Å²) < 4.78 is 33.1. The van der Waals surface area contributed by atoms with E-state index in [1.54, 1.807) is 57.2 Å². The average Bonchev–Trinajstić information content (AvgIpc) is 3.09. The molecule has 0 fully saturated rings. The number of carbonyl (C=O) groups excluding carboxylic acids is 1. The third kappa shape index (κ3) is 5.71. The van der Waals surface area contributed by atoms with Gasteiger partial charge in [0.1, 0.15) is 11.1 Å². The molecule has 28 heavy (non-hydrogen) atoms. The van der Waals surface area contributed by atoms with Gasteiger partial charge in [-0.25, -0.2) is 4.79 Å². The number of thioether (sulfide) groups is 1. The van der Waals surface area contributed by atoms with E-state index in [9.17, 15) is 18.5 Å². The Kier molecular flexibility index (Phi) is 7.43. The number of oxime groups is 1. The molecule has 1 aliphatic heterocycles. The van der Waals surface area contributed by atoms with Crippen LogP contribution in [0.15, 0.2) is 46.5 Å². The van der Waals surface area contributed by atoms with Crippen molar-refractivity contribution in [1.29, 1.82) is 5.26 Å². The Morgan fingerprint density at radius 1 is 1.25 bits per heavy atom. The number of nitrogens with zero attached hydrogens (tertiary/aromatic N) is 2. The van der Waals surface area contributed by atoms with Crippen LogP contribution in [0.2, 0.25) is 0 Å². The van der Waals surface area contributed by atoms with Crippen LogP contribution in [0.4, 0.5) is 0 Å². The van der Waals surface area contributed by atoms with Crippen molar-refractivity contribution in [3.05, 3.63) is 52.4 Å². The van der Waals surface area contributed by atoms with E-state index in [2.05, 4.69) is 15.5 Å². The second-order valence-electron chi connectivity index (χ2n) is 6.05. The van der Waals surface area contributed by atoms with Crippen LogP contribution < -0.4 is 0 Å². The van der Waals surface area contributed by atoms with Crippen molar-refractivity contribution >= 4 is 38.5 Å². The lowest BCUT2D eigenvalue weighted by atomic mass is 10.00. The molecule has 0 radical (unpaired) electrons. The standard InChI is InChI=1S/C19H20N2O5S2/c1-4-11-28(23,24)26-21-18-10-9-17(27-18)16(12-20)14-7-5-6-8-15(14)19(22)25-13(2)3/h5-10,13H,4,11H2,1-3H3/b17-16-,21-18+. The van der Waals surface area contributed by atoms with Crippen LogP contribution in [0.5, 0.6) is 0 Å². The average molecular weight is 421 g/mol. The summed E-state index contributed by atoms with van der Waals surface area (Å²) in [6.45, 7) is 5.21. The monoisotopic (exact) mass is 420 g/mol. The highest BCUT2D eigenvalue weighted by molar-refractivity contribution is 8.18. The summed E-state index contributed by atoms with van der Waals surface area (Å²) in [5.74, 6) is -0.649. The first kappa shape index (κ1) is 21.7. The SMILES string of the molecule is CCCS(=O)(=O)O/N=C1C=C/C(=C(\C#N)c2ccccc2C(=O)OC(C)C)S\1. The van der Waals surface area contributed by atoms with Gasteiger partial charge in [-0.1, -0.05) is 42.0 Å². The van der Waals surface area contributed by atoms with Crippen molar-refractivity contribution in [2.45, 2.75) is 33.3 Å². The first-order chi connectivity index (χ1) is 13.3. The van der Waals surface area contributed by atoms with Crippen molar-refractivity contribution in [2.24, 2.45) is 5.16 Å². The number of hydrogen-bond donors (Lipinski definition) is 0. The van der Waals surface area contributed by atoms with Crippen LogP contribution >= 0.6 is 11.8 Å². The fourth-order valence-electron chi connectivity index (χ4n) is 2.30. The van der Waals surface area contributed by atoms with E-state index in [1.165, 1.54) is 0 Å². The highest BCUT2D eigenvalue weighted by atomic mass is 32.2. The normalized spacial score (nSPS) is 16.9. The summed E-state index contributed by atoms with van der Waals surface area (Å²) in [6.07, 6.45) is 3.31. The molecule has 0 atom stereocenters. The molecule has 0 N–H and O–H groups in total. The summed E-state index contributed by atoms with van der Waals surface area (Å²) >= 11 is 1.09. The summed E-state index contributed by atoms with van der Waals surface area (Å²) in [7, 11) is -3.72. The molecule has 0 amide bonds. The zero-order chi connectivity index (χ0) is 20.7. The molecular weight excluding hydrogens is 400 g/mol. The van der Waals surface area contributed by atoms with Crippen molar-refractivity contribution in [3.8, 4) is 6.07 Å². The Morgan fingerprint density at radius 2 is 1.93 bits per heavy atom. The van der Waals surface area contributed by atoms with Gasteiger partial charge >= 0.3 is 16.1 Å². The van der Waals surface area contributed by atoms with Crippen LogP contribution in [0.25, 0.3) is 5.57 Å². The van der Waals surface area contributed by atoms with E-state index in [4.69, 9.17) is 4.74 Å². The Labute approximate surface area is 168 Å². The number of hydrogen-bond acceptors (Lipinski definition) is 8. The Morgan fingerprint density at radius 3 is 2.54 bits per heavy atom. The summed E-state index contributed by atoms with van der Waals surface area (Å²) in [5, 5.41) is 13.6. The third-order valence-corrected chi connectivity index (χ3v) is 5.59. The van der Waals surface area contributed by atoms with Crippen molar-refractivity contribution in [1.82, 2.24) is 0 Å². The molecule has 0 aliphatic carbocycles. The molecule has 0 saturated carbocycles. The Balaban J connectivity index is 2.32. The lowest BCUT2D eigenvalue weighted by Gasteiger charge is -2.12. The van der Waals surface area contributed by atoms with Crippen LogP contribution in [0.1, 0.15) is 43.1 Å². The molecule has 1 aliphatic rings. The molecule has 1 aromatic rings. The summed E-state index contributed by atoms with van der Waals surface area (Å²) in [6, 6.07) is 8.77. The summed E-state index contributed by atoms with van der Waals surface area (Å²) in [5.41, 5.74) is 0.976. The van der Waals surface area contributed by atoms with E-state index in [0.717, 1.165) is 11.8 Å². The molecule has 1 heterocycles. The van der Waals surface area contributed by atoms with Gasteiger partial charge in [-0.3, -0.25) is 4.28 Å². The quantitative estimate of drug-likeness (QED) is 0.374. The first-order valence-corrected chi connectivity index (χ1v) is 11.0. The minimum absolute atomic E-state index is 0.129. The molecule has 2 rings (SSSR count). The zero-order valence-corrected chi connectivity index (χ0v) is 17.3. The maximum Gasteiger partial charge on any atom is 0.339 e. The van der Waals surface area contributed by atoms with Gasteiger partial charge in [-0.15, -0.1) is 0 Å². The molecule has 148 valence electrons. The van der Waals surface area contributed by atoms with E-state index in [1.807, 2.05) is 0 Å². The fraction of sp³-hybridized carbons (Fsp3) is 0.316. The van der Waals surface area contributed by atoms with Gasteiger partial charge < -0.3 is 4.74 Å². The van der Waals surface area contributed by atoms with E-state index in [0.29, 0.717) is 21.9 Å². The smallest absolute Gasteiger partial charge is 0.339 e. The number of benzene rings is 1. The topological polar surface area (TPSA) is 106 Å². The number of rotatable bonds is 7. The predicted molar refractivity (Wildman–Crippen MR) is 109 cm³/mol. The second-order valence-corrected chi connectivity index (χ2v) is 8.79. The number of nitriles is 1. The first-order valence-electron chi connectivity index (χ1n) is 8.57. The number of ether oxygens (including phenoxy) is 1. The molecule has 1 aromatic carbocycles. The van der Waals surface area contributed by atoms with Gasteiger partial charge in [0.25, 0.3) is 0 Å². The van der Waals surface area contributed by atoms with Gasteiger partial charge in [-0.2, -0.15) is 13.7 Å². The highest BCUT2D eigenvalue weighted by Gasteiger charge is 2.22. The largest absolute Gasteiger partial charge is 0.459 e. The van der Waals surface area contributed by atoms with Gasteiger partial charge in [0.15, 0.2) is 0 Å². The number of esters is 1. The maximum absolute atomic E-state index is 12.4. The molecule has 0 spiro atoms. The number of carbonyl (C=O) groups is 1. The molecular formula is C19H20N2O5S2. The van der Waals surface area contributed by atoms with Crippen LogP contribution in [0, 0.1) is 11.3 Å². The maximum atomic E-state index is 12.4. The van der Waals surface area contributed by atoms with Gasteiger partial charge in [0.05, 0.1) is 23.0 Å². The third-order valence-electron chi connectivity index (χ3n) is 3.40. The highest BCUT2D eigenvalue weighted by Crippen LogP contribution is 2.35. The van der Waals surface area contributed by atoms with Gasteiger partial charge in [-0.05, 0) is 38.5 Å². The van der Waals surface area contributed by atoms with E-state index < -0.39 is 16.1 Å². The summed E-state index contributed by atoms with van der Waals surface area (Å²) in [4.78, 5) is 12.9. The lowest BCUT2D eigenvalue weighted by Crippen LogP contribution is -2.13. The molecule has 0 saturated heterocycles. The Bertz CT molecular complexity index is 986. The van der Waals surface area contributed by atoms with Crippen LogP contribution in [-0.4, -0.2) is 31.3 Å². The van der Waals surface area contributed by atoms with Crippen LogP contribution in [0.3, 0.4) is 0 Å². The minimum Gasteiger partial charge on any atom is -0.459 e. The molecule has 0 unspecified atom stereocenters. The molecule has 0 aromatic heterocycles. The molecule has 0 bridgehead atoms. The predicted octanol–water partition coefficient (Wildman–Crippen LogP) is 3.86. The lowest BCUT2D eigenvalue weighted by molar-refractivity contribution is 0.0377. The van der Waals surface area contributed by atoms with E-state index in [-0.39, 0.29) is 23.0 Å². The molecule has 9 heteroatoms. The van der Waals surface area contributed by atoms with Crippen molar-refractivity contribution in [2.75, 3.05) is 5.75 Å². The van der Waals surface area contributed by atoms with Gasteiger partial charge in [0, 0.05) is 10.5 Å². The number of allylic oxidation sites excluding steroid dienone is 2. The minimum atomic E-state index is -3.72. The second kappa shape index (κ2) is 9.57. The zero-order valence-electron chi connectivity index (χ0n) is 15.7. The fourth-order valence-corrected chi connectivity index (χ4v) is 3.94. The van der Waals surface area contributed by atoms with Gasteiger partial charge in [0.2, 0.25) is 0 Å². The Hall–Kier alpha value is -2.57.